The van der Waals surface area contributed by atoms with Crippen LogP contribution in [0.5, 0.6) is 0 Å². The summed E-state index contributed by atoms with van der Waals surface area (Å²) in [7, 11) is 1.78. The van der Waals surface area contributed by atoms with Gasteiger partial charge in [0.25, 0.3) is 0 Å². The fraction of sp³-hybridized carbons (Fsp3) is 0.615. The van der Waals surface area contributed by atoms with Crippen molar-refractivity contribution in [3.8, 4) is 0 Å². The Bertz CT molecular complexity index is 439. The van der Waals surface area contributed by atoms with Gasteiger partial charge in [0.15, 0.2) is 5.78 Å². The van der Waals surface area contributed by atoms with E-state index in [1.54, 1.807) is 17.9 Å². The zero-order chi connectivity index (χ0) is 13.2. The molecule has 94 valence electrons. The summed E-state index contributed by atoms with van der Waals surface area (Å²) in [5.41, 5.74) is 0.872. The lowest BCUT2D eigenvalue weighted by Gasteiger charge is -2.15. The van der Waals surface area contributed by atoms with Gasteiger partial charge >= 0.3 is 0 Å². The number of carbonyl (C=O) groups excluding carboxylic acids is 2. The van der Waals surface area contributed by atoms with Gasteiger partial charge in [-0.3, -0.25) is 14.3 Å². The van der Waals surface area contributed by atoms with Gasteiger partial charge in [-0.1, -0.05) is 27.7 Å². The third-order valence-corrected chi connectivity index (χ3v) is 2.70. The minimum Gasteiger partial charge on any atom is -0.299 e. The second kappa shape index (κ2) is 4.82. The molecule has 1 aromatic rings. The largest absolute Gasteiger partial charge is 0.299 e. The normalized spacial score (nSPS) is 11.6. The SMILES string of the molecule is CCc1nn(C)cc1C(=O)CC(=O)C(C)(C)C. The highest BCUT2D eigenvalue weighted by molar-refractivity contribution is 6.09. The number of rotatable bonds is 4. The number of aryl methyl sites for hydroxylation is 2. The zero-order valence-corrected chi connectivity index (χ0v) is 11.2. The molecule has 0 fully saturated rings. The summed E-state index contributed by atoms with van der Waals surface area (Å²) in [5.74, 6) is -0.164. The van der Waals surface area contributed by atoms with E-state index in [0.717, 1.165) is 5.69 Å². The Hall–Kier alpha value is -1.45. The number of aromatic nitrogens is 2. The van der Waals surface area contributed by atoms with Crippen molar-refractivity contribution in [1.29, 1.82) is 0 Å². The molecule has 0 unspecified atom stereocenters. The second-order valence-corrected chi connectivity index (χ2v) is 5.29. The van der Waals surface area contributed by atoms with Gasteiger partial charge in [-0.25, -0.2) is 0 Å². The standard InChI is InChI=1S/C13H20N2O2/c1-6-10-9(8-15(5)14-10)11(16)7-12(17)13(2,3)4/h8H,6-7H2,1-5H3. The van der Waals surface area contributed by atoms with Crippen molar-refractivity contribution in [2.45, 2.75) is 40.5 Å². The Kier molecular flexibility index (Phi) is 3.86. The molecule has 0 aromatic carbocycles. The molecule has 0 bridgehead atoms. The van der Waals surface area contributed by atoms with E-state index in [4.69, 9.17) is 0 Å². The number of hydrogen-bond donors (Lipinski definition) is 0. The monoisotopic (exact) mass is 236 g/mol. The molecular weight excluding hydrogens is 216 g/mol. The smallest absolute Gasteiger partial charge is 0.173 e. The fourth-order valence-electron chi connectivity index (χ4n) is 1.53. The number of nitrogens with zero attached hydrogens (tertiary/aromatic N) is 2. The molecule has 1 aromatic heterocycles. The third kappa shape index (κ3) is 3.25. The van der Waals surface area contributed by atoms with Crippen molar-refractivity contribution < 1.29 is 9.59 Å². The van der Waals surface area contributed by atoms with Crippen LogP contribution in [0, 0.1) is 5.41 Å². The van der Waals surface area contributed by atoms with Crippen LogP contribution in [-0.4, -0.2) is 21.3 Å². The first-order chi connectivity index (χ1) is 7.75. The molecule has 17 heavy (non-hydrogen) atoms. The minimum absolute atomic E-state index is 0.0339. The van der Waals surface area contributed by atoms with Gasteiger partial charge in [0, 0.05) is 18.7 Å². The van der Waals surface area contributed by atoms with Crippen LogP contribution in [0.25, 0.3) is 0 Å². The lowest BCUT2D eigenvalue weighted by Crippen LogP contribution is -2.23. The van der Waals surface area contributed by atoms with Crippen molar-refractivity contribution in [2.24, 2.45) is 12.5 Å². The molecular formula is C13H20N2O2. The number of hydrogen-bond acceptors (Lipinski definition) is 3. The molecule has 4 heteroatoms. The molecule has 1 heterocycles. The van der Waals surface area contributed by atoms with E-state index in [9.17, 15) is 9.59 Å². The van der Waals surface area contributed by atoms with Crippen molar-refractivity contribution >= 4 is 11.6 Å². The van der Waals surface area contributed by atoms with E-state index in [1.165, 1.54) is 0 Å². The summed E-state index contributed by atoms with van der Waals surface area (Å²) in [5, 5.41) is 4.20. The van der Waals surface area contributed by atoms with Crippen LogP contribution in [0.15, 0.2) is 6.20 Å². The van der Waals surface area contributed by atoms with Gasteiger partial charge in [-0.2, -0.15) is 5.10 Å². The predicted octanol–water partition coefficient (Wildman–Crippen LogP) is 2.17. The molecule has 0 N–H and O–H groups in total. The van der Waals surface area contributed by atoms with Crippen molar-refractivity contribution in [2.75, 3.05) is 0 Å². The topological polar surface area (TPSA) is 52.0 Å². The highest BCUT2D eigenvalue weighted by Gasteiger charge is 2.25. The average molecular weight is 236 g/mol. The van der Waals surface area contributed by atoms with Crippen molar-refractivity contribution in [3.63, 3.8) is 0 Å². The third-order valence-electron chi connectivity index (χ3n) is 2.70. The van der Waals surface area contributed by atoms with E-state index >= 15 is 0 Å². The maximum atomic E-state index is 12.0. The van der Waals surface area contributed by atoms with E-state index < -0.39 is 5.41 Å². The molecule has 0 atom stereocenters. The van der Waals surface area contributed by atoms with E-state index in [2.05, 4.69) is 5.10 Å². The number of carbonyl (C=O) groups is 2. The summed E-state index contributed by atoms with van der Waals surface area (Å²) in [6.07, 6.45) is 2.35. The van der Waals surface area contributed by atoms with E-state index in [1.807, 2.05) is 27.7 Å². The van der Waals surface area contributed by atoms with Crippen LogP contribution in [0.1, 0.15) is 50.2 Å². The first-order valence-corrected chi connectivity index (χ1v) is 5.84. The van der Waals surface area contributed by atoms with Crippen LogP contribution in [0.3, 0.4) is 0 Å². The molecule has 0 amide bonds. The molecule has 4 nitrogen and oxygen atoms in total. The Morgan fingerprint density at radius 1 is 1.35 bits per heavy atom. The number of Topliss-reactive ketones (excluding diaryl/α,β-unsaturated/α-hetero) is 2. The van der Waals surface area contributed by atoms with Gasteiger partial charge in [-0.15, -0.1) is 0 Å². The first-order valence-electron chi connectivity index (χ1n) is 5.84. The minimum atomic E-state index is -0.468. The molecule has 0 spiro atoms. The summed E-state index contributed by atoms with van der Waals surface area (Å²) in [4.78, 5) is 23.8. The highest BCUT2D eigenvalue weighted by atomic mass is 16.1. The van der Waals surface area contributed by atoms with Crippen molar-refractivity contribution in [3.05, 3.63) is 17.5 Å². The Morgan fingerprint density at radius 3 is 2.41 bits per heavy atom. The van der Waals surface area contributed by atoms with Gasteiger partial charge in [0.05, 0.1) is 17.7 Å². The Balaban J connectivity index is 2.87. The van der Waals surface area contributed by atoms with Gasteiger partial charge in [0.2, 0.25) is 0 Å². The zero-order valence-electron chi connectivity index (χ0n) is 11.2. The molecule has 0 aliphatic rings. The van der Waals surface area contributed by atoms with Crippen LogP contribution in [0.4, 0.5) is 0 Å². The molecule has 0 aliphatic heterocycles. The fourth-order valence-corrected chi connectivity index (χ4v) is 1.53. The van der Waals surface area contributed by atoms with Gasteiger partial charge in [-0.05, 0) is 6.42 Å². The first kappa shape index (κ1) is 13.6. The maximum absolute atomic E-state index is 12.0. The molecule has 0 saturated carbocycles. The summed E-state index contributed by atoms with van der Waals surface area (Å²) in [6, 6.07) is 0. The average Bonchev–Trinajstić information content (AvgIpc) is 2.58. The molecule has 0 saturated heterocycles. The quantitative estimate of drug-likeness (QED) is 0.594. The summed E-state index contributed by atoms with van der Waals surface area (Å²) < 4.78 is 1.62. The second-order valence-electron chi connectivity index (χ2n) is 5.29. The van der Waals surface area contributed by atoms with Gasteiger partial charge in [0.1, 0.15) is 5.78 Å². The van der Waals surface area contributed by atoms with Crippen LogP contribution >= 0.6 is 0 Å². The lowest BCUT2D eigenvalue weighted by molar-refractivity contribution is -0.125. The Labute approximate surface area is 102 Å². The number of ketones is 2. The summed E-state index contributed by atoms with van der Waals surface area (Å²) in [6.45, 7) is 7.43. The van der Waals surface area contributed by atoms with Crippen LogP contribution in [0.2, 0.25) is 0 Å². The van der Waals surface area contributed by atoms with Crippen LogP contribution in [-0.2, 0) is 18.3 Å². The molecule has 1 rings (SSSR count). The van der Waals surface area contributed by atoms with Crippen LogP contribution < -0.4 is 0 Å². The predicted molar refractivity (Wildman–Crippen MR) is 66.0 cm³/mol. The van der Waals surface area contributed by atoms with E-state index in [-0.39, 0.29) is 18.0 Å². The van der Waals surface area contributed by atoms with E-state index in [0.29, 0.717) is 12.0 Å². The highest BCUT2D eigenvalue weighted by Crippen LogP contribution is 2.19. The van der Waals surface area contributed by atoms with Crippen molar-refractivity contribution in [1.82, 2.24) is 9.78 Å². The molecule has 0 aliphatic carbocycles. The van der Waals surface area contributed by atoms with Gasteiger partial charge < -0.3 is 0 Å². The lowest BCUT2D eigenvalue weighted by atomic mass is 9.87. The molecule has 0 radical (unpaired) electrons. The Morgan fingerprint density at radius 2 is 1.94 bits per heavy atom. The maximum Gasteiger partial charge on any atom is 0.173 e. The summed E-state index contributed by atoms with van der Waals surface area (Å²) >= 11 is 0.